The van der Waals surface area contributed by atoms with Gasteiger partial charge in [0.15, 0.2) is 6.61 Å². The van der Waals surface area contributed by atoms with Crippen LogP contribution in [0.5, 0.6) is 11.5 Å². The van der Waals surface area contributed by atoms with Crippen LogP contribution in [0.25, 0.3) is 10.8 Å². The van der Waals surface area contributed by atoms with Crippen molar-refractivity contribution in [3.05, 3.63) is 71.8 Å². The van der Waals surface area contributed by atoms with E-state index in [2.05, 4.69) is 0 Å². The van der Waals surface area contributed by atoms with E-state index in [9.17, 15) is 9.59 Å². The molecular formula is C24H25NO5. The van der Waals surface area contributed by atoms with Gasteiger partial charge < -0.3 is 19.1 Å². The minimum absolute atomic E-state index is 0.285. The first kappa shape index (κ1) is 21.2. The van der Waals surface area contributed by atoms with E-state index >= 15 is 0 Å². The quantitative estimate of drug-likeness (QED) is 0.527. The number of fused-ring (bicyclic) bond motifs is 1. The maximum atomic E-state index is 12.4. The predicted octanol–water partition coefficient (Wildman–Crippen LogP) is 4.06. The number of hydrogen-bond donors (Lipinski definition) is 0. The summed E-state index contributed by atoms with van der Waals surface area (Å²) in [5.41, 5.74) is 1.29. The number of carbonyl (C=O) groups excluding carboxylic acids is 2. The molecule has 3 aromatic carbocycles. The van der Waals surface area contributed by atoms with Crippen LogP contribution < -0.4 is 9.47 Å². The number of likely N-dealkylation sites (N-methyl/N-ethyl adjacent to an activating group) is 1. The zero-order valence-corrected chi connectivity index (χ0v) is 17.4. The Hall–Kier alpha value is -3.54. The number of esters is 1. The fourth-order valence-corrected chi connectivity index (χ4v) is 3.09. The molecule has 0 fully saturated rings. The van der Waals surface area contributed by atoms with Gasteiger partial charge in [-0.15, -0.1) is 0 Å². The highest BCUT2D eigenvalue weighted by Crippen LogP contribution is 2.22. The second-order valence-electron chi connectivity index (χ2n) is 6.80. The molecule has 0 atom stereocenters. The fraction of sp³-hybridized carbons (Fsp3) is 0.250. The molecule has 30 heavy (non-hydrogen) atoms. The Morgan fingerprint density at radius 1 is 0.967 bits per heavy atom. The number of amides is 1. The van der Waals surface area contributed by atoms with Gasteiger partial charge in [-0.25, -0.2) is 4.79 Å². The highest BCUT2D eigenvalue weighted by atomic mass is 16.5. The SMILES string of the molecule is CCOc1ccccc1C(=O)OCC(=O)N(C)Cc1ccc2cc(OC)ccc2c1. The molecule has 0 aliphatic heterocycles. The Kier molecular flexibility index (Phi) is 6.91. The van der Waals surface area contributed by atoms with E-state index in [1.807, 2.05) is 43.3 Å². The number of carbonyl (C=O) groups is 2. The first-order valence-corrected chi connectivity index (χ1v) is 9.71. The van der Waals surface area contributed by atoms with Crippen molar-refractivity contribution in [2.75, 3.05) is 27.4 Å². The molecule has 0 radical (unpaired) electrons. The zero-order chi connectivity index (χ0) is 21.5. The van der Waals surface area contributed by atoms with Crippen LogP contribution in [0.1, 0.15) is 22.8 Å². The van der Waals surface area contributed by atoms with Crippen molar-refractivity contribution >= 4 is 22.6 Å². The van der Waals surface area contributed by atoms with E-state index in [1.54, 1.807) is 38.4 Å². The molecule has 0 N–H and O–H groups in total. The third kappa shape index (κ3) is 5.08. The molecule has 3 aromatic rings. The molecule has 3 rings (SSSR count). The van der Waals surface area contributed by atoms with Crippen LogP contribution in [-0.2, 0) is 16.1 Å². The topological polar surface area (TPSA) is 65.1 Å². The third-order valence-corrected chi connectivity index (χ3v) is 4.69. The summed E-state index contributed by atoms with van der Waals surface area (Å²) in [5, 5.41) is 2.13. The highest BCUT2D eigenvalue weighted by Gasteiger charge is 2.17. The molecule has 156 valence electrons. The monoisotopic (exact) mass is 407 g/mol. The van der Waals surface area contributed by atoms with Crippen LogP contribution in [0, 0.1) is 0 Å². The zero-order valence-electron chi connectivity index (χ0n) is 17.4. The minimum Gasteiger partial charge on any atom is -0.497 e. The highest BCUT2D eigenvalue weighted by molar-refractivity contribution is 5.94. The van der Waals surface area contributed by atoms with Crippen LogP contribution in [0.2, 0.25) is 0 Å². The van der Waals surface area contributed by atoms with E-state index in [-0.39, 0.29) is 12.5 Å². The number of methoxy groups -OCH3 is 1. The second kappa shape index (κ2) is 9.78. The molecular weight excluding hydrogens is 382 g/mol. The standard InChI is InChI=1S/C24H25NO5/c1-4-29-22-8-6-5-7-21(22)24(27)30-16-23(26)25(2)15-17-9-10-19-14-20(28-3)12-11-18(19)13-17/h5-14H,4,15-16H2,1-3H3. The lowest BCUT2D eigenvalue weighted by Gasteiger charge is -2.18. The van der Waals surface area contributed by atoms with Gasteiger partial charge in [0.25, 0.3) is 5.91 Å². The Morgan fingerprint density at radius 2 is 1.70 bits per heavy atom. The summed E-state index contributed by atoms with van der Waals surface area (Å²) < 4.78 is 15.9. The molecule has 6 heteroatoms. The molecule has 0 heterocycles. The van der Waals surface area contributed by atoms with Crippen LogP contribution in [0.3, 0.4) is 0 Å². The van der Waals surface area contributed by atoms with Crippen LogP contribution in [-0.4, -0.2) is 44.1 Å². The Bertz CT molecular complexity index is 1050. The van der Waals surface area contributed by atoms with Crippen molar-refractivity contribution in [3.8, 4) is 11.5 Å². The number of nitrogens with zero attached hydrogens (tertiary/aromatic N) is 1. The molecule has 6 nitrogen and oxygen atoms in total. The summed E-state index contributed by atoms with van der Waals surface area (Å²) in [5.74, 6) is 0.376. The van der Waals surface area contributed by atoms with Crippen LogP contribution in [0.15, 0.2) is 60.7 Å². The maximum absolute atomic E-state index is 12.4. The van der Waals surface area contributed by atoms with Crippen molar-refractivity contribution in [3.63, 3.8) is 0 Å². The smallest absolute Gasteiger partial charge is 0.342 e. The van der Waals surface area contributed by atoms with Crippen molar-refractivity contribution in [2.45, 2.75) is 13.5 Å². The van der Waals surface area contributed by atoms with Crippen molar-refractivity contribution in [1.82, 2.24) is 4.90 Å². The van der Waals surface area contributed by atoms with Gasteiger partial charge in [-0.05, 0) is 53.6 Å². The largest absolute Gasteiger partial charge is 0.497 e. The number of rotatable bonds is 8. The summed E-state index contributed by atoms with van der Waals surface area (Å²) >= 11 is 0. The van der Waals surface area contributed by atoms with Gasteiger partial charge in [0.1, 0.15) is 17.1 Å². The Morgan fingerprint density at radius 3 is 2.47 bits per heavy atom. The lowest BCUT2D eigenvalue weighted by atomic mass is 10.1. The van der Waals surface area contributed by atoms with Gasteiger partial charge in [0.05, 0.1) is 13.7 Å². The van der Waals surface area contributed by atoms with Gasteiger partial charge in [0, 0.05) is 13.6 Å². The lowest BCUT2D eigenvalue weighted by Crippen LogP contribution is -2.30. The predicted molar refractivity (Wildman–Crippen MR) is 115 cm³/mol. The van der Waals surface area contributed by atoms with E-state index in [1.165, 1.54) is 4.90 Å². The lowest BCUT2D eigenvalue weighted by molar-refractivity contribution is -0.133. The molecule has 0 bridgehead atoms. The molecule has 0 aromatic heterocycles. The molecule has 1 amide bonds. The van der Waals surface area contributed by atoms with E-state index in [4.69, 9.17) is 14.2 Å². The van der Waals surface area contributed by atoms with Crippen molar-refractivity contribution in [2.24, 2.45) is 0 Å². The van der Waals surface area contributed by atoms with E-state index in [0.717, 1.165) is 22.1 Å². The fourth-order valence-electron chi connectivity index (χ4n) is 3.09. The van der Waals surface area contributed by atoms with Crippen LogP contribution >= 0.6 is 0 Å². The second-order valence-corrected chi connectivity index (χ2v) is 6.80. The number of para-hydroxylation sites is 1. The number of hydrogen-bond acceptors (Lipinski definition) is 5. The first-order chi connectivity index (χ1) is 14.5. The van der Waals surface area contributed by atoms with Crippen molar-refractivity contribution in [1.29, 1.82) is 0 Å². The normalized spacial score (nSPS) is 10.5. The number of ether oxygens (including phenoxy) is 3. The summed E-state index contributed by atoms with van der Waals surface area (Å²) in [4.78, 5) is 26.3. The maximum Gasteiger partial charge on any atom is 0.342 e. The van der Waals surface area contributed by atoms with Gasteiger partial charge >= 0.3 is 5.97 Å². The average molecular weight is 407 g/mol. The third-order valence-electron chi connectivity index (χ3n) is 4.69. The minimum atomic E-state index is -0.583. The summed E-state index contributed by atoms with van der Waals surface area (Å²) in [6.45, 7) is 2.35. The molecule has 0 saturated heterocycles. The van der Waals surface area contributed by atoms with Gasteiger partial charge in [0.2, 0.25) is 0 Å². The first-order valence-electron chi connectivity index (χ1n) is 9.71. The number of benzene rings is 3. The molecule has 0 spiro atoms. The summed E-state index contributed by atoms with van der Waals surface area (Å²) in [7, 11) is 3.32. The van der Waals surface area contributed by atoms with Gasteiger partial charge in [-0.1, -0.05) is 30.3 Å². The Balaban J connectivity index is 1.59. The molecule has 0 saturated carbocycles. The van der Waals surface area contributed by atoms with E-state index < -0.39 is 5.97 Å². The Labute approximate surface area is 176 Å². The van der Waals surface area contributed by atoms with Crippen LogP contribution in [0.4, 0.5) is 0 Å². The van der Waals surface area contributed by atoms with Gasteiger partial charge in [-0.2, -0.15) is 0 Å². The molecule has 0 aliphatic carbocycles. The van der Waals surface area contributed by atoms with Gasteiger partial charge in [-0.3, -0.25) is 4.79 Å². The van der Waals surface area contributed by atoms with E-state index in [0.29, 0.717) is 24.5 Å². The average Bonchev–Trinajstić information content (AvgIpc) is 2.77. The van der Waals surface area contributed by atoms with Crippen molar-refractivity contribution < 1.29 is 23.8 Å². The summed E-state index contributed by atoms with van der Waals surface area (Å²) in [6.07, 6.45) is 0. The molecule has 0 unspecified atom stereocenters. The molecule has 0 aliphatic rings. The summed E-state index contributed by atoms with van der Waals surface area (Å²) in [6, 6.07) is 18.7.